The summed E-state index contributed by atoms with van der Waals surface area (Å²) < 4.78 is 62.7. The molecular weight excluding hydrogens is 687 g/mol. The molecule has 0 aliphatic rings. The first-order valence-corrected chi connectivity index (χ1v) is 18.7. The van der Waals surface area contributed by atoms with Gasteiger partial charge in [-0.15, -0.1) is 11.3 Å². The maximum Gasteiger partial charge on any atom is 0.164 e. The largest absolute Gasteiger partial charge is 0.208 e. The molecule has 2 aromatic heterocycles. The van der Waals surface area contributed by atoms with Gasteiger partial charge in [-0.3, -0.25) is 0 Å². The predicted molar refractivity (Wildman–Crippen MR) is 231 cm³/mol. The van der Waals surface area contributed by atoms with E-state index in [-0.39, 0.29) is 62.0 Å². The van der Waals surface area contributed by atoms with Gasteiger partial charge in [0.1, 0.15) is 0 Å². The van der Waals surface area contributed by atoms with Gasteiger partial charge in [0, 0.05) is 36.9 Å². The second-order valence-electron chi connectivity index (χ2n) is 13.1. The van der Waals surface area contributed by atoms with Crippen LogP contribution in [0.1, 0.15) is 9.60 Å². The van der Waals surface area contributed by atoms with Crippen LogP contribution in [0.15, 0.2) is 200 Å². The van der Waals surface area contributed by atoms with Crippen molar-refractivity contribution < 1.29 is 9.60 Å². The van der Waals surface area contributed by atoms with Crippen LogP contribution in [0.3, 0.4) is 0 Å². The first kappa shape index (κ1) is 25.9. The van der Waals surface area contributed by atoms with Gasteiger partial charge >= 0.3 is 0 Å². The molecule has 0 saturated carbocycles. The lowest BCUT2D eigenvalue weighted by molar-refractivity contribution is 1.07. The molecule has 10 rings (SSSR count). The van der Waals surface area contributed by atoms with Crippen molar-refractivity contribution in [2.45, 2.75) is 0 Å². The summed E-state index contributed by atoms with van der Waals surface area (Å²) >= 11 is 1.02. The van der Waals surface area contributed by atoms with Crippen molar-refractivity contribution in [1.82, 2.24) is 15.0 Å². The van der Waals surface area contributed by atoms with Crippen LogP contribution in [0.5, 0.6) is 0 Å². The van der Waals surface area contributed by atoms with Crippen molar-refractivity contribution in [2.24, 2.45) is 0 Å². The van der Waals surface area contributed by atoms with E-state index < -0.39 is 6.04 Å². The highest BCUT2D eigenvalue weighted by atomic mass is 32.1. The van der Waals surface area contributed by atoms with Gasteiger partial charge < -0.3 is 0 Å². The number of rotatable bonds is 7. The van der Waals surface area contributed by atoms with E-state index in [1.165, 1.54) is 0 Å². The first-order valence-electron chi connectivity index (χ1n) is 21.4. The molecule has 4 heteroatoms. The number of hydrogen-bond acceptors (Lipinski definition) is 4. The van der Waals surface area contributed by atoms with E-state index in [4.69, 9.17) is 21.8 Å². The molecule has 0 radical (unpaired) electrons. The molecule has 8 aromatic carbocycles. The Hall–Kier alpha value is -7.01. The van der Waals surface area contributed by atoms with Crippen molar-refractivity contribution in [1.29, 1.82) is 0 Å². The van der Waals surface area contributed by atoms with Crippen LogP contribution in [0.25, 0.3) is 98.8 Å². The lowest BCUT2D eigenvalue weighted by Crippen LogP contribution is -2.00. The Balaban J connectivity index is 1.20. The third-order valence-electron chi connectivity index (χ3n) is 9.61. The second-order valence-corrected chi connectivity index (χ2v) is 14.1. The van der Waals surface area contributed by atoms with Crippen LogP contribution >= 0.6 is 11.3 Å². The minimum Gasteiger partial charge on any atom is -0.208 e. The molecule has 3 nitrogen and oxygen atoms in total. The average molecular weight is 727 g/mol. The van der Waals surface area contributed by atoms with Crippen molar-refractivity contribution in [2.75, 3.05) is 0 Å². The monoisotopic (exact) mass is 726 g/mol. The van der Waals surface area contributed by atoms with Crippen LogP contribution in [-0.4, -0.2) is 15.0 Å². The van der Waals surface area contributed by atoms with Crippen LogP contribution in [-0.2, 0) is 0 Å². The molecule has 10 aromatic rings. The van der Waals surface area contributed by atoms with Crippen LogP contribution in [0.4, 0.5) is 0 Å². The van der Waals surface area contributed by atoms with Crippen LogP contribution < -0.4 is 0 Å². The summed E-state index contributed by atoms with van der Waals surface area (Å²) in [5.74, 6) is 1.28. The van der Waals surface area contributed by atoms with Gasteiger partial charge in [0.15, 0.2) is 17.5 Å². The van der Waals surface area contributed by atoms with Crippen molar-refractivity contribution in [3.8, 4) is 78.7 Å². The number of benzene rings is 8. The normalized spacial score (nSPS) is 13.1. The maximum atomic E-state index is 9.62. The highest BCUT2D eigenvalue weighted by Crippen LogP contribution is 2.39. The third kappa shape index (κ3) is 6.50. The third-order valence-corrected chi connectivity index (χ3v) is 10.6. The smallest absolute Gasteiger partial charge is 0.164 e. The Morgan fingerprint density at radius 1 is 0.327 bits per heavy atom. The van der Waals surface area contributed by atoms with Gasteiger partial charge in [-0.2, -0.15) is 0 Å². The summed E-state index contributed by atoms with van der Waals surface area (Å²) in [6.07, 6.45) is 0. The molecule has 0 amide bonds. The van der Waals surface area contributed by atoms with E-state index in [0.717, 1.165) is 55.8 Å². The zero-order valence-electron chi connectivity index (χ0n) is 36.3. The lowest BCUT2D eigenvalue weighted by atomic mass is 9.95. The van der Waals surface area contributed by atoms with Gasteiger partial charge in [-0.05, 0) is 80.8 Å². The predicted octanol–water partition coefficient (Wildman–Crippen LogP) is 13.9. The topological polar surface area (TPSA) is 38.7 Å². The fraction of sp³-hybridized carbons (Fsp3) is 0. The van der Waals surface area contributed by atoms with Crippen molar-refractivity contribution >= 4 is 31.5 Å². The maximum absolute atomic E-state index is 9.62. The van der Waals surface area contributed by atoms with Gasteiger partial charge in [-0.25, -0.2) is 15.0 Å². The molecule has 55 heavy (non-hydrogen) atoms. The average Bonchev–Trinajstić information content (AvgIpc) is 3.74. The molecular formula is C51H33N3S. The molecule has 258 valence electrons. The summed E-state index contributed by atoms with van der Waals surface area (Å²) in [7, 11) is 0. The summed E-state index contributed by atoms with van der Waals surface area (Å²) in [4.78, 5) is 15.2. The summed E-state index contributed by atoms with van der Waals surface area (Å²) in [5, 5.41) is 0.404. The zero-order chi connectivity index (χ0) is 42.6. The van der Waals surface area contributed by atoms with E-state index in [9.17, 15) is 2.74 Å². The fourth-order valence-electron chi connectivity index (χ4n) is 6.79. The van der Waals surface area contributed by atoms with Gasteiger partial charge in [0.25, 0.3) is 0 Å². The van der Waals surface area contributed by atoms with E-state index >= 15 is 0 Å². The number of aromatic nitrogens is 3. The first-order chi connectivity index (χ1) is 30.1. The Morgan fingerprint density at radius 2 is 0.727 bits per heavy atom. The number of hydrogen-bond donors (Lipinski definition) is 0. The highest BCUT2D eigenvalue weighted by Gasteiger charge is 2.16. The van der Waals surface area contributed by atoms with Gasteiger partial charge in [0.05, 0.1) is 9.60 Å². The molecule has 2 heterocycles. The quantitative estimate of drug-likeness (QED) is 0.164. The van der Waals surface area contributed by atoms with E-state index in [0.29, 0.717) is 28.6 Å². The van der Waals surface area contributed by atoms with E-state index in [1.807, 2.05) is 133 Å². The molecule has 0 N–H and O–H groups in total. The molecule has 0 aliphatic carbocycles. The molecule has 0 bridgehead atoms. The molecule has 0 atom stereocenters. The van der Waals surface area contributed by atoms with Crippen LogP contribution in [0.2, 0.25) is 0 Å². The number of fused-ring (bicyclic) bond motifs is 3. The minimum atomic E-state index is -0.413. The Labute approximate surface area is 333 Å². The minimum absolute atomic E-state index is 0.0949. The Morgan fingerprint density at radius 3 is 1.27 bits per heavy atom. The molecule has 0 spiro atoms. The Bertz CT molecular complexity index is 3240. The molecule has 0 saturated heterocycles. The second kappa shape index (κ2) is 14.1. The van der Waals surface area contributed by atoms with E-state index in [1.54, 1.807) is 0 Å². The summed E-state index contributed by atoms with van der Waals surface area (Å²) in [5.41, 5.74) is 8.73. The SMILES string of the molecule is [2H]c1c([2H])c([2H])c2c(sc3c([2H])c([2H])c(-c4cc(-c5ccccc5)cc(-c5nc(-c6ccc(-c7ccccc7)cc6)nc(-c6ccc(-c7ccccc7)cc6)n5)c4)c([2H])c32)c1[2H]. The number of nitrogens with zero attached hydrogens (tertiary/aromatic N) is 3. The molecule has 0 aliphatic heterocycles. The van der Waals surface area contributed by atoms with Crippen LogP contribution in [0, 0.1) is 0 Å². The summed E-state index contributed by atoms with van der Waals surface area (Å²) in [6.45, 7) is 0. The highest BCUT2D eigenvalue weighted by molar-refractivity contribution is 7.25. The zero-order valence-corrected chi connectivity index (χ0v) is 30.1. The lowest BCUT2D eigenvalue weighted by Gasteiger charge is -2.13. The molecule has 0 fully saturated rings. The number of thiophene rings is 1. The van der Waals surface area contributed by atoms with E-state index in [2.05, 4.69) is 24.3 Å². The fourth-order valence-corrected chi connectivity index (χ4v) is 7.71. The van der Waals surface area contributed by atoms with Gasteiger partial charge in [-0.1, -0.05) is 164 Å². The van der Waals surface area contributed by atoms with Crippen molar-refractivity contribution in [3.63, 3.8) is 0 Å². The molecule has 0 unspecified atom stereocenters. The summed E-state index contributed by atoms with van der Waals surface area (Å²) in [6, 6.07) is 50.2. The van der Waals surface area contributed by atoms with Gasteiger partial charge in [0.2, 0.25) is 0 Å². The standard InChI is InChI=1S/C51H33N3S/c1-4-12-34(13-5-1)37-20-24-39(25-21-37)49-52-50(40-26-22-38(23-27-40)35-14-6-2-7-15-35)54-51(53-49)44-31-42(36-16-8-3-9-17-36)30-43(32-44)41-28-29-48-46(33-41)45-18-10-11-19-47(45)55-48/h1-33H/i10D,11D,18D,19D,28D,29D,33D. The van der Waals surface area contributed by atoms with Crippen molar-refractivity contribution in [3.05, 3.63) is 200 Å². The Kier molecular flexibility index (Phi) is 6.63.